The van der Waals surface area contributed by atoms with Gasteiger partial charge < -0.3 is 5.32 Å². The first kappa shape index (κ1) is 12.1. The van der Waals surface area contributed by atoms with Crippen molar-refractivity contribution in [1.29, 1.82) is 0 Å². The molecule has 1 aliphatic rings. The lowest BCUT2D eigenvalue weighted by atomic mass is 9.77. The maximum Gasteiger partial charge on any atom is 0.0459 e. The van der Waals surface area contributed by atoms with Crippen LogP contribution in [0.4, 0.5) is 5.69 Å². The van der Waals surface area contributed by atoms with Crippen LogP contribution >= 0.6 is 23.2 Å². The van der Waals surface area contributed by atoms with Gasteiger partial charge in [0.2, 0.25) is 0 Å². The molecule has 1 aliphatic heterocycles. The summed E-state index contributed by atoms with van der Waals surface area (Å²) in [7, 11) is 0. The minimum atomic E-state index is 0.228. The van der Waals surface area contributed by atoms with Gasteiger partial charge in [0.1, 0.15) is 0 Å². The van der Waals surface area contributed by atoms with Crippen LogP contribution in [-0.2, 0) is 11.8 Å². The van der Waals surface area contributed by atoms with Gasteiger partial charge in [-0.2, -0.15) is 0 Å². The third kappa shape index (κ3) is 2.16. The number of rotatable bonds is 2. The molecule has 0 amide bonds. The zero-order chi connectivity index (χ0) is 11.8. The number of aryl methyl sites for hydroxylation is 1. The molecule has 0 saturated carbocycles. The van der Waals surface area contributed by atoms with Crippen molar-refractivity contribution in [3.8, 4) is 0 Å². The maximum atomic E-state index is 6.23. The second-order valence-corrected chi connectivity index (χ2v) is 5.77. The van der Waals surface area contributed by atoms with Crippen LogP contribution < -0.4 is 5.32 Å². The zero-order valence-electron chi connectivity index (χ0n) is 9.74. The Kier molecular flexibility index (Phi) is 3.37. The lowest BCUT2D eigenvalue weighted by Crippen LogP contribution is -2.28. The van der Waals surface area contributed by atoms with Crippen LogP contribution in [0.3, 0.4) is 0 Å². The number of benzene rings is 1. The number of fused-ring (bicyclic) bond motifs is 1. The molecular weight excluding hydrogens is 241 g/mol. The van der Waals surface area contributed by atoms with E-state index in [2.05, 4.69) is 25.2 Å². The van der Waals surface area contributed by atoms with E-state index in [0.29, 0.717) is 5.88 Å². The van der Waals surface area contributed by atoms with Gasteiger partial charge in [0.25, 0.3) is 0 Å². The minimum Gasteiger partial charge on any atom is -0.385 e. The second kappa shape index (κ2) is 4.46. The SMILES string of the molecule is CC1(C)CCNc2cc(Cl)c(CCCl)cc21. The van der Waals surface area contributed by atoms with Crippen LogP contribution in [0.1, 0.15) is 31.4 Å². The number of alkyl halides is 1. The summed E-state index contributed by atoms with van der Waals surface area (Å²) in [5.41, 5.74) is 3.93. The molecular formula is C13H17Cl2N. The van der Waals surface area contributed by atoms with Gasteiger partial charge in [-0.15, -0.1) is 11.6 Å². The lowest BCUT2D eigenvalue weighted by molar-refractivity contribution is 0.481. The van der Waals surface area contributed by atoms with Gasteiger partial charge in [-0.3, -0.25) is 0 Å². The third-order valence-electron chi connectivity index (χ3n) is 3.34. The fraction of sp³-hybridized carbons (Fsp3) is 0.538. The molecule has 0 spiro atoms. The van der Waals surface area contributed by atoms with Crippen molar-refractivity contribution in [2.24, 2.45) is 0 Å². The standard InChI is InChI=1S/C13H17Cl2N/c1-13(2)4-6-16-12-8-11(15)9(3-5-14)7-10(12)13/h7-8,16H,3-6H2,1-2H3. The highest BCUT2D eigenvalue weighted by Crippen LogP contribution is 2.39. The van der Waals surface area contributed by atoms with Crippen molar-refractivity contribution >= 4 is 28.9 Å². The molecule has 0 unspecified atom stereocenters. The van der Waals surface area contributed by atoms with E-state index in [-0.39, 0.29) is 5.41 Å². The number of nitrogens with one attached hydrogen (secondary N) is 1. The van der Waals surface area contributed by atoms with Crippen molar-refractivity contribution in [3.05, 3.63) is 28.3 Å². The van der Waals surface area contributed by atoms with E-state index in [9.17, 15) is 0 Å². The highest BCUT2D eigenvalue weighted by atomic mass is 35.5. The van der Waals surface area contributed by atoms with Crippen LogP contribution in [0.15, 0.2) is 12.1 Å². The van der Waals surface area contributed by atoms with Gasteiger partial charge in [0.15, 0.2) is 0 Å². The highest BCUT2D eigenvalue weighted by molar-refractivity contribution is 6.31. The zero-order valence-corrected chi connectivity index (χ0v) is 11.3. The summed E-state index contributed by atoms with van der Waals surface area (Å²) in [6.07, 6.45) is 1.99. The molecule has 0 atom stereocenters. The molecule has 1 aromatic carbocycles. The van der Waals surface area contributed by atoms with Crippen LogP contribution in [0.5, 0.6) is 0 Å². The second-order valence-electron chi connectivity index (χ2n) is 4.99. The molecule has 0 saturated heterocycles. The molecule has 1 aromatic rings. The quantitative estimate of drug-likeness (QED) is 0.783. The molecule has 88 valence electrons. The molecule has 3 heteroatoms. The first-order valence-corrected chi connectivity index (χ1v) is 6.58. The lowest BCUT2D eigenvalue weighted by Gasteiger charge is -2.34. The Hall–Kier alpha value is -0.400. The number of hydrogen-bond acceptors (Lipinski definition) is 1. The molecule has 1 heterocycles. The molecule has 16 heavy (non-hydrogen) atoms. The van der Waals surface area contributed by atoms with E-state index in [1.165, 1.54) is 11.3 Å². The van der Waals surface area contributed by atoms with Crippen molar-refractivity contribution in [3.63, 3.8) is 0 Å². The number of anilines is 1. The third-order valence-corrected chi connectivity index (χ3v) is 3.89. The molecule has 0 aliphatic carbocycles. The van der Waals surface area contributed by atoms with E-state index < -0.39 is 0 Å². The molecule has 1 nitrogen and oxygen atoms in total. The average Bonchev–Trinajstić information content (AvgIpc) is 2.20. The van der Waals surface area contributed by atoms with Crippen molar-refractivity contribution in [2.45, 2.75) is 32.1 Å². The van der Waals surface area contributed by atoms with E-state index in [4.69, 9.17) is 23.2 Å². The predicted molar refractivity (Wildman–Crippen MR) is 72.0 cm³/mol. The van der Waals surface area contributed by atoms with Gasteiger partial charge in [0.05, 0.1) is 0 Å². The largest absolute Gasteiger partial charge is 0.385 e. The van der Waals surface area contributed by atoms with Gasteiger partial charge in [-0.25, -0.2) is 0 Å². The summed E-state index contributed by atoms with van der Waals surface area (Å²) in [4.78, 5) is 0. The summed E-state index contributed by atoms with van der Waals surface area (Å²) in [5.74, 6) is 0.617. The Morgan fingerprint density at radius 2 is 2.12 bits per heavy atom. The van der Waals surface area contributed by atoms with Crippen LogP contribution in [-0.4, -0.2) is 12.4 Å². The van der Waals surface area contributed by atoms with Gasteiger partial charge in [-0.1, -0.05) is 31.5 Å². The summed E-state index contributed by atoms with van der Waals surface area (Å²) in [5, 5.41) is 4.23. The fourth-order valence-electron chi connectivity index (χ4n) is 2.26. The van der Waals surface area contributed by atoms with E-state index in [1.807, 2.05) is 6.07 Å². The highest BCUT2D eigenvalue weighted by Gasteiger charge is 2.28. The topological polar surface area (TPSA) is 12.0 Å². The molecule has 0 radical (unpaired) electrons. The minimum absolute atomic E-state index is 0.228. The molecule has 0 fully saturated rings. The summed E-state index contributed by atoms with van der Waals surface area (Å²) < 4.78 is 0. The number of hydrogen-bond donors (Lipinski definition) is 1. The van der Waals surface area contributed by atoms with Crippen molar-refractivity contribution < 1.29 is 0 Å². The normalized spacial score (nSPS) is 17.8. The Morgan fingerprint density at radius 3 is 2.81 bits per heavy atom. The van der Waals surface area contributed by atoms with E-state index in [1.54, 1.807) is 0 Å². The fourth-order valence-corrected chi connectivity index (χ4v) is 2.72. The van der Waals surface area contributed by atoms with Crippen LogP contribution in [0.25, 0.3) is 0 Å². The first-order chi connectivity index (χ1) is 7.54. The monoisotopic (exact) mass is 257 g/mol. The Labute approximate surface area is 107 Å². The summed E-state index contributed by atoms with van der Waals surface area (Å²) in [6.45, 7) is 5.58. The first-order valence-electron chi connectivity index (χ1n) is 5.67. The van der Waals surface area contributed by atoms with Crippen LogP contribution in [0, 0.1) is 0 Å². The summed E-state index contributed by atoms with van der Waals surface area (Å²) >= 11 is 12.0. The molecule has 2 rings (SSSR count). The Morgan fingerprint density at radius 1 is 1.38 bits per heavy atom. The summed E-state index contributed by atoms with van der Waals surface area (Å²) in [6, 6.07) is 4.26. The predicted octanol–water partition coefficient (Wildman–Crippen LogP) is 4.21. The van der Waals surface area contributed by atoms with Crippen molar-refractivity contribution in [1.82, 2.24) is 0 Å². The molecule has 0 aromatic heterocycles. The maximum absolute atomic E-state index is 6.23. The Bertz CT molecular complexity index is 399. The van der Waals surface area contributed by atoms with Gasteiger partial charge in [-0.05, 0) is 35.4 Å². The van der Waals surface area contributed by atoms with Gasteiger partial charge >= 0.3 is 0 Å². The van der Waals surface area contributed by atoms with E-state index in [0.717, 1.165) is 30.0 Å². The Balaban J connectivity index is 2.48. The van der Waals surface area contributed by atoms with Crippen LogP contribution in [0.2, 0.25) is 5.02 Å². The van der Waals surface area contributed by atoms with Crippen molar-refractivity contribution in [2.75, 3.05) is 17.7 Å². The average molecular weight is 258 g/mol. The molecule has 1 N–H and O–H groups in total. The molecule has 0 bridgehead atoms. The van der Waals surface area contributed by atoms with Gasteiger partial charge in [0, 0.05) is 23.1 Å². The van der Waals surface area contributed by atoms with E-state index >= 15 is 0 Å². The smallest absolute Gasteiger partial charge is 0.0459 e. The number of halogens is 2.